The van der Waals surface area contributed by atoms with E-state index in [9.17, 15) is 19.2 Å². The van der Waals surface area contributed by atoms with Gasteiger partial charge in [0, 0.05) is 5.69 Å². The van der Waals surface area contributed by atoms with Gasteiger partial charge in [-0.15, -0.1) is 0 Å². The summed E-state index contributed by atoms with van der Waals surface area (Å²) in [4.78, 5) is 51.9. The molecule has 2 aromatic rings. The van der Waals surface area contributed by atoms with Gasteiger partial charge in [0.1, 0.15) is 6.04 Å². The Balaban J connectivity index is 1.76. The normalized spacial score (nSPS) is 15.0. The van der Waals surface area contributed by atoms with Crippen molar-refractivity contribution in [3.63, 3.8) is 0 Å². The molecule has 156 valence electrons. The molecule has 0 fully saturated rings. The van der Waals surface area contributed by atoms with Crippen LogP contribution < -0.4 is 5.32 Å². The Morgan fingerprint density at radius 3 is 1.97 bits per heavy atom. The number of amides is 3. The van der Waals surface area contributed by atoms with Crippen molar-refractivity contribution in [2.24, 2.45) is 5.92 Å². The lowest BCUT2D eigenvalue weighted by atomic mass is 10.0. The minimum atomic E-state index is -1.11. The van der Waals surface area contributed by atoms with Crippen LogP contribution in [0.2, 0.25) is 0 Å². The molecule has 7 nitrogen and oxygen atoms in total. The van der Waals surface area contributed by atoms with E-state index in [1.807, 2.05) is 19.9 Å². The number of carbonyl (C=O) groups is 4. The molecule has 0 saturated carbocycles. The molecule has 3 rings (SSSR count). The Bertz CT molecular complexity index is 936. The minimum absolute atomic E-state index is 0.0142. The van der Waals surface area contributed by atoms with Crippen LogP contribution in [0, 0.1) is 5.92 Å². The molecule has 1 aliphatic rings. The zero-order chi connectivity index (χ0) is 21.8. The molecule has 0 radical (unpaired) electrons. The number of hydrogen-bond acceptors (Lipinski definition) is 5. The highest BCUT2D eigenvalue weighted by Crippen LogP contribution is 2.27. The molecule has 7 heteroatoms. The number of esters is 1. The molecule has 0 unspecified atom stereocenters. The van der Waals surface area contributed by atoms with E-state index in [1.54, 1.807) is 48.5 Å². The van der Waals surface area contributed by atoms with Crippen LogP contribution in [0.15, 0.2) is 54.6 Å². The van der Waals surface area contributed by atoms with Gasteiger partial charge in [-0.3, -0.25) is 19.3 Å². The second kappa shape index (κ2) is 8.90. The lowest BCUT2D eigenvalue weighted by molar-refractivity contribution is -0.157. The van der Waals surface area contributed by atoms with Crippen molar-refractivity contribution in [1.82, 2.24) is 4.90 Å². The van der Waals surface area contributed by atoms with E-state index in [-0.39, 0.29) is 23.5 Å². The molecule has 2 aromatic carbocycles. The third-order valence-electron chi connectivity index (χ3n) is 4.81. The predicted octanol–water partition coefficient (Wildman–Crippen LogP) is 3.27. The Hall–Kier alpha value is -3.48. The highest BCUT2D eigenvalue weighted by atomic mass is 16.5. The maximum absolute atomic E-state index is 12.9. The number of para-hydroxylation sites is 1. The van der Waals surface area contributed by atoms with Crippen LogP contribution in [0.4, 0.5) is 5.69 Å². The molecule has 0 aliphatic carbocycles. The molecular formula is C23H24N2O5. The molecular weight excluding hydrogens is 384 g/mol. The number of hydrogen-bond donors (Lipinski definition) is 1. The van der Waals surface area contributed by atoms with E-state index >= 15 is 0 Å². The van der Waals surface area contributed by atoms with Gasteiger partial charge >= 0.3 is 5.97 Å². The second-order valence-electron chi connectivity index (χ2n) is 7.61. The molecule has 0 saturated heterocycles. The Kier molecular flexibility index (Phi) is 6.30. The summed E-state index contributed by atoms with van der Waals surface area (Å²) in [6, 6.07) is 14.1. The fourth-order valence-electron chi connectivity index (χ4n) is 3.32. The standard InChI is InChI=1S/C23H24N2O5/c1-14(2)13-19(25-21(27)17-11-7-8-12-18(17)22(25)28)23(29)30-15(3)20(26)24-16-9-5-4-6-10-16/h4-12,14-15,19H,13H2,1-3H3,(H,24,26)/t15-,19-/m0/s1. The van der Waals surface area contributed by atoms with Crippen molar-refractivity contribution >= 4 is 29.4 Å². The van der Waals surface area contributed by atoms with Gasteiger partial charge in [0.2, 0.25) is 0 Å². The van der Waals surface area contributed by atoms with Crippen molar-refractivity contribution < 1.29 is 23.9 Å². The molecule has 1 aliphatic heterocycles. The van der Waals surface area contributed by atoms with E-state index in [4.69, 9.17) is 4.74 Å². The van der Waals surface area contributed by atoms with E-state index in [0.717, 1.165) is 4.90 Å². The van der Waals surface area contributed by atoms with Crippen LogP contribution in [0.1, 0.15) is 47.9 Å². The maximum Gasteiger partial charge on any atom is 0.330 e. The summed E-state index contributed by atoms with van der Waals surface area (Å²) in [5, 5.41) is 2.66. The van der Waals surface area contributed by atoms with Gasteiger partial charge in [0.05, 0.1) is 11.1 Å². The van der Waals surface area contributed by atoms with Crippen LogP contribution in [0.25, 0.3) is 0 Å². The van der Waals surface area contributed by atoms with Gasteiger partial charge in [-0.2, -0.15) is 0 Å². The molecule has 1 N–H and O–H groups in total. The fourth-order valence-corrected chi connectivity index (χ4v) is 3.32. The summed E-state index contributed by atoms with van der Waals surface area (Å²) in [7, 11) is 0. The number of benzene rings is 2. The van der Waals surface area contributed by atoms with Crippen molar-refractivity contribution in [3.05, 3.63) is 65.7 Å². The van der Waals surface area contributed by atoms with Gasteiger partial charge in [0.25, 0.3) is 17.7 Å². The summed E-state index contributed by atoms with van der Waals surface area (Å²) in [6.45, 7) is 5.21. The topological polar surface area (TPSA) is 92.8 Å². The summed E-state index contributed by atoms with van der Waals surface area (Å²) >= 11 is 0. The highest BCUT2D eigenvalue weighted by molar-refractivity contribution is 6.22. The molecule has 1 heterocycles. The fraction of sp³-hybridized carbons (Fsp3) is 0.304. The maximum atomic E-state index is 12.9. The number of imide groups is 1. The summed E-state index contributed by atoms with van der Waals surface area (Å²) in [5.74, 6) is -2.33. The van der Waals surface area contributed by atoms with Crippen molar-refractivity contribution in [2.45, 2.75) is 39.3 Å². The Morgan fingerprint density at radius 2 is 1.43 bits per heavy atom. The number of fused-ring (bicyclic) bond motifs is 1. The van der Waals surface area contributed by atoms with E-state index < -0.39 is 35.8 Å². The van der Waals surface area contributed by atoms with Crippen LogP contribution in [-0.4, -0.2) is 40.7 Å². The zero-order valence-corrected chi connectivity index (χ0v) is 17.1. The largest absolute Gasteiger partial charge is 0.451 e. The van der Waals surface area contributed by atoms with Gasteiger partial charge in [-0.05, 0) is 43.5 Å². The van der Waals surface area contributed by atoms with E-state index in [0.29, 0.717) is 5.69 Å². The van der Waals surface area contributed by atoms with Crippen molar-refractivity contribution in [2.75, 3.05) is 5.32 Å². The number of rotatable bonds is 7. The third-order valence-corrected chi connectivity index (χ3v) is 4.81. The van der Waals surface area contributed by atoms with Crippen molar-refractivity contribution in [1.29, 1.82) is 0 Å². The van der Waals surface area contributed by atoms with Gasteiger partial charge in [-0.1, -0.05) is 44.2 Å². The van der Waals surface area contributed by atoms with Crippen LogP contribution in [0.3, 0.4) is 0 Å². The number of ether oxygens (including phenoxy) is 1. The number of carbonyl (C=O) groups excluding carboxylic acids is 4. The summed E-state index contributed by atoms with van der Waals surface area (Å²) < 4.78 is 5.36. The van der Waals surface area contributed by atoms with Crippen LogP contribution >= 0.6 is 0 Å². The van der Waals surface area contributed by atoms with Crippen LogP contribution in [-0.2, 0) is 14.3 Å². The van der Waals surface area contributed by atoms with Gasteiger partial charge in [0.15, 0.2) is 6.10 Å². The predicted molar refractivity (Wildman–Crippen MR) is 111 cm³/mol. The highest BCUT2D eigenvalue weighted by Gasteiger charge is 2.44. The second-order valence-corrected chi connectivity index (χ2v) is 7.61. The monoisotopic (exact) mass is 408 g/mol. The first-order valence-corrected chi connectivity index (χ1v) is 9.83. The van der Waals surface area contributed by atoms with Gasteiger partial charge < -0.3 is 10.1 Å². The minimum Gasteiger partial charge on any atom is -0.451 e. The Labute approximate surface area is 175 Å². The lowest BCUT2D eigenvalue weighted by Gasteiger charge is -2.27. The molecule has 0 spiro atoms. The molecule has 3 amide bonds. The number of anilines is 1. The first-order valence-electron chi connectivity index (χ1n) is 9.83. The first-order chi connectivity index (χ1) is 14.3. The molecule has 2 atom stereocenters. The molecule has 30 heavy (non-hydrogen) atoms. The average Bonchev–Trinajstić information content (AvgIpc) is 2.97. The molecule has 0 aromatic heterocycles. The smallest absolute Gasteiger partial charge is 0.330 e. The SMILES string of the molecule is CC(C)C[C@@H](C(=O)O[C@@H](C)C(=O)Nc1ccccc1)N1C(=O)c2ccccc2C1=O. The summed E-state index contributed by atoms with van der Waals surface area (Å²) in [6.07, 6.45) is -0.861. The van der Waals surface area contributed by atoms with Crippen LogP contribution in [0.5, 0.6) is 0 Å². The average molecular weight is 408 g/mol. The summed E-state index contributed by atoms with van der Waals surface area (Å²) in [5.41, 5.74) is 1.10. The third kappa shape index (κ3) is 4.40. The Morgan fingerprint density at radius 1 is 0.900 bits per heavy atom. The quantitative estimate of drug-likeness (QED) is 0.561. The van der Waals surface area contributed by atoms with E-state index in [1.165, 1.54) is 6.92 Å². The zero-order valence-electron chi connectivity index (χ0n) is 17.1. The van der Waals surface area contributed by atoms with E-state index in [2.05, 4.69) is 5.32 Å². The lowest BCUT2D eigenvalue weighted by Crippen LogP contribution is -2.48. The molecule has 0 bridgehead atoms. The first kappa shape index (κ1) is 21.2. The number of nitrogens with zero attached hydrogens (tertiary/aromatic N) is 1. The van der Waals surface area contributed by atoms with Crippen molar-refractivity contribution in [3.8, 4) is 0 Å². The van der Waals surface area contributed by atoms with Gasteiger partial charge in [-0.25, -0.2) is 4.79 Å². The number of nitrogens with one attached hydrogen (secondary N) is 1.